The monoisotopic (exact) mass is 440 g/mol. The maximum atomic E-state index is 13.0. The van der Waals surface area contributed by atoms with Crippen LogP contribution < -0.4 is 10.6 Å². The van der Waals surface area contributed by atoms with E-state index in [0.717, 1.165) is 16.1 Å². The SMILES string of the molecule is CCOC(=O)C1C(c2ccccc2C)C(C#N)=C(N)N1NS(=O)(=O)c1ccc(C)cc1. The molecule has 3 N–H and O–H groups in total. The molecule has 0 radical (unpaired) electrons. The molecule has 0 bridgehead atoms. The zero-order valence-corrected chi connectivity index (χ0v) is 18.3. The number of carbonyl (C=O) groups is 1. The maximum Gasteiger partial charge on any atom is 0.331 e. The molecular formula is C22H24N4O4S. The summed E-state index contributed by atoms with van der Waals surface area (Å²) in [6, 6.07) is 14.4. The lowest BCUT2D eigenvalue weighted by molar-refractivity contribution is -0.149. The van der Waals surface area contributed by atoms with E-state index in [1.165, 1.54) is 12.1 Å². The van der Waals surface area contributed by atoms with E-state index in [9.17, 15) is 18.5 Å². The molecule has 0 saturated carbocycles. The van der Waals surface area contributed by atoms with Crippen molar-refractivity contribution in [2.45, 2.75) is 37.6 Å². The van der Waals surface area contributed by atoms with Crippen molar-refractivity contribution in [2.75, 3.05) is 6.61 Å². The van der Waals surface area contributed by atoms with Crippen LogP contribution in [-0.4, -0.2) is 32.0 Å². The van der Waals surface area contributed by atoms with E-state index >= 15 is 0 Å². The predicted molar refractivity (Wildman–Crippen MR) is 115 cm³/mol. The van der Waals surface area contributed by atoms with E-state index < -0.39 is 28.0 Å². The first kappa shape index (κ1) is 22.3. The number of nitrogens with one attached hydrogen (secondary N) is 1. The largest absolute Gasteiger partial charge is 0.464 e. The highest BCUT2D eigenvalue weighted by Gasteiger charge is 2.48. The molecular weight excluding hydrogens is 416 g/mol. The summed E-state index contributed by atoms with van der Waals surface area (Å²) < 4.78 is 31.2. The summed E-state index contributed by atoms with van der Waals surface area (Å²) in [7, 11) is -4.08. The van der Waals surface area contributed by atoms with E-state index in [4.69, 9.17) is 10.5 Å². The van der Waals surface area contributed by atoms with Gasteiger partial charge in [0.1, 0.15) is 5.82 Å². The average Bonchev–Trinajstić information content (AvgIpc) is 2.99. The van der Waals surface area contributed by atoms with Crippen LogP contribution in [0.3, 0.4) is 0 Å². The predicted octanol–water partition coefficient (Wildman–Crippen LogP) is 2.22. The molecule has 2 aromatic carbocycles. The highest BCUT2D eigenvalue weighted by atomic mass is 32.2. The Morgan fingerprint density at radius 1 is 1.19 bits per heavy atom. The fourth-order valence-corrected chi connectivity index (χ4v) is 4.68. The molecule has 1 aliphatic rings. The molecule has 0 aliphatic carbocycles. The van der Waals surface area contributed by atoms with Gasteiger partial charge in [0.25, 0.3) is 10.0 Å². The normalized spacial score (nSPS) is 18.7. The molecule has 2 unspecified atom stereocenters. The third kappa shape index (κ3) is 4.26. The van der Waals surface area contributed by atoms with Gasteiger partial charge in [0.05, 0.1) is 29.1 Å². The van der Waals surface area contributed by atoms with Gasteiger partial charge < -0.3 is 10.5 Å². The number of esters is 1. The molecule has 0 saturated heterocycles. The van der Waals surface area contributed by atoms with Crippen LogP contribution in [0.15, 0.2) is 64.8 Å². The number of sulfonamides is 1. The summed E-state index contributed by atoms with van der Waals surface area (Å²) in [5, 5.41) is 10.8. The molecule has 0 fully saturated rings. The summed E-state index contributed by atoms with van der Waals surface area (Å²) in [6.07, 6.45) is 0. The Kier molecular flexibility index (Phi) is 6.34. The number of aryl methyl sites for hydroxylation is 2. The quantitative estimate of drug-likeness (QED) is 0.660. The van der Waals surface area contributed by atoms with Crippen LogP contribution in [0, 0.1) is 25.2 Å². The number of rotatable bonds is 6. The number of hydrazine groups is 1. The summed E-state index contributed by atoms with van der Waals surface area (Å²) in [5.41, 5.74) is 8.72. The molecule has 0 aromatic heterocycles. The minimum Gasteiger partial charge on any atom is -0.464 e. The van der Waals surface area contributed by atoms with Gasteiger partial charge in [-0.05, 0) is 44.0 Å². The Balaban J connectivity index is 2.10. The minimum absolute atomic E-state index is 0.00589. The zero-order valence-electron chi connectivity index (χ0n) is 17.5. The van der Waals surface area contributed by atoms with Crippen molar-refractivity contribution in [2.24, 2.45) is 5.73 Å². The van der Waals surface area contributed by atoms with Crippen LogP contribution in [0.25, 0.3) is 0 Å². The lowest BCUT2D eigenvalue weighted by Crippen LogP contribution is -2.51. The first-order valence-corrected chi connectivity index (χ1v) is 11.2. The number of carbonyl (C=O) groups excluding carboxylic acids is 1. The van der Waals surface area contributed by atoms with Crippen molar-refractivity contribution in [1.29, 1.82) is 5.26 Å². The topological polar surface area (TPSA) is 126 Å². The van der Waals surface area contributed by atoms with Crippen LogP contribution in [0.5, 0.6) is 0 Å². The standard InChI is InChI=1S/C22H24N4O4S/c1-4-30-22(27)20-19(17-8-6-5-7-15(17)3)18(13-23)21(24)26(20)25-31(28,29)16-11-9-14(2)10-12-16/h5-12,19-20,25H,4,24H2,1-3H3. The lowest BCUT2D eigenvalue weighted by Gasteiger charge is -2.29. The van der Waals surface area contributed by atoms with Crippen LogP contribution in [0.1, 0.15) is 29.5 Å². The molecule has 9 heteroatoms. The highest BCUT2D eigenvalue weighted by molar-refractivity contribution is 7.89. The Morgan fingerprint density at radius 2 is 1.84 bits per heavy atom. The second-order valence-electron chi connectivity index (χ2n) is 7.22. The van der Waals surface area contributed by atoms with E-state index in [-0.39, 0.29) is 22.9 Å². The van der Waals surface area contributed by atoms with Crippen molar-refractivity contribution in [3.05, 3.63) is 76.6 Å². The molecule has 1 heterocycles. The van der Waals surface area contributed by atoms with E-state index in [1.807, 2.05) is 32.0 Å². The first-order chi connectivity index (χ1) is 14.7. The number of nitrogens with zero attached hydrogens (tertiary/aromatic N) is 2. The third-order valence-corrected chi connectivity index (χ3v) is 6.49. The van der Waals surface area contributed by atoms with Crippen molar-refractivity contribution < 1.29 is 17.9 Å². The number of nitrogens with two attached hydrogens (primary N) is 1. The van der Waals surface area contributed by atoms with Crippen molar-refractivity contribution in [3.8, 4) is 6.07 Å². The van der Waals surface area contributed by atoms with Gasteiger partial charge in [-0.2, -0.15) is 5.26 Å². The van der Waals surface area contributed by atoms with E-state index in [1.54, 1.807) is 31.2 Å². The number of hydrogen-bond donors (Lipinski definition) is 2. The van der Waals surface area contributed by atoms with Gasteiger partial charge in [-0.15, -0.1) is 4.83 Å². The molecule has 0 amide bonds. The molecule has 162 valence electrons. The van der Waals surface area contributed by atoms with Crippen molar-refractivity contribution in [3.63, 3.8) is 0 Å². The molecule has 2 aromatic rings. The summed E-state index contributed by atoms with van der Waals surface area (Å²) >= 11 is 0. The number of ether oxygens (including phenoxy) is 1. The molecule has 3 rings (SSSR count). The van der Waals surface area contributed by atoms with Crippen LogP contribution >= 0.6 is 0 Å². The number of hydrogen-bond acceptors (Lipinski definition) is 7. The number of benzene rings is 2. The third-order valence-electron chi connectivity index (χ3n) is 5.16. The van der Waals surface area contributed by atoms with Gasteiger partial charge >= 0.3 is 5.97 Å². The van der Waals surface area contributed by atoms with Crippen LogP contribution in [0.4, 0.5) is 0 Å². The van der Waals surface area contributed by atoms with Gasteiger partial charge in [-0.3, -0.25) is 5.01 Å². The van der Waals surface area contributed by atoms with Gasteiger partial charge in [-0.25, -0.2) is 13.2 Å². The lowest BCUT2D eigenvalue weighted by atomic mass is 9.85. The second-order valence-corrected chi connectivity index (χ2v) is 8.88. The fourth-order valence-electron chi connectivity index (χ4n) is 3.61. The van der Waals surface area contributed by atoms with Gasteiger partial charge in [0.15, 0.2) is 6.04 Å². The Morgan fingerprint density at radius 3 is 2.42 bits per heavy atom. The average molecular weight is 441 g/mol. The summed E-state index contributed by atoms with van der Waals surface area (Å²) in [4.78, 5) is 15.3. The second kappa shape index (κ2) is 8.79. The van der Waals surface area contributed by atoms with Crippen molar-refractivity contribution >= 4 is 16.0 Å². The van der Waals surface area contributed by atoms with E-state index in [2.05, 4.69) is 4.83 Å². The molecule has 31 heavy (non-hydrogen) atoms. The fraction of sp³-hybridized carbons (Fsp3) is 0.273. The van der Waals surface area contributed by atoms with Gasteiger partial charge in [0, 0.05) is 0 Å². The van der Waals surface area contributed by atoms with Crippen LogP contribution in [0.2, 0.25) is 0 Å². The van der Waals surface area contributed by atoms with Crippen LogP contribution in [-0.2, 0) is 19.6 Å². The first-order valence-electron chi connectivity index (χ1n) is 9.71. The Labute approximate surface area is 181 Å². The molecule has 8 nitrogen and oxygen atoms in total. The summed E-state index contributed by atoms with van der Waals surface area (Å²) in [6.45, 7) is 5.43. The summed E-state index contributed by atoms with van der Waals surface area (Å²) in [5.74, 6) is -1.61. The zero-order chi connectivity index (χ0) is 22.8. The Hall–Kier alpha value is -3.35. The van der Waals surface area contributed by atoms with E-state index in [0.29, 0.717) is 5.56 Å². The Bertz CT molecular complexity index is 1170. The van der Waals surface area contributed by atoms with Gasteiger partial charge in [-0.1, -0.05) is 42.0 Å². The molecule has 1 aliphatic heterocycles. The molecule has 2 atom stereocenters. The maximum absolute atomic E-state index is 13.0. The minimum atomic E-state index is -4.08. The smallest absolute Gasteiger partial charge is 0.331 e. The molecule has 0 spiro atoms. The highest BCUT2D eigenvalue weighted by Crippen LogP contribution is 2.40. The van der Waals surface area contributed by atoms with Crippen molar-refractivity contribution in [1.82, 2.24) is 9.84 Å². The number of nitriles is 1. The van der Waals surface area contributed by atoms with Gasteiger partial charge in [0.2, 0.25) is 0 Å².